The minimum atomic E-state index is -1.34. The van der Waals surface area contributed by atoms with Gasteiger partial charge in [0.2, 0.25) is 5.95 Å². The van der Waals surface area contributed by atoms with Gasteiger partial charge in [-0.05, 0) is 24.1 Å². The van der Waals surface area contributed by atoms with E-state index in [-0.39, 0.29) is 22.9 Å². The second-order valence-corrected chi connectivity index (χ2v) is 7.26. The summed E-state index contributed by atoms with van der Waals surface area (Å²) in [4.78, 5) is 12.5. The summed E-state index contributed by atoms with van der Waals surface area (Å²) in [5.41, 5.74) is 10.1. The van der Waals surface area contributed by atoms with Crippen molar-refractivity contribution in [2.24, 2.45) is 5.10 Å². The molecule has 0 unspecified atom stereocenters. The molecule has 0 bridgehead atoms. The lowest BCUT2D eigenvalue weighted by Gasteiger charge is -2.18. The summed E-state index contributed by atoms with van der Waals surface area (Å²) in [5.74, 6) is 1.03. The predicted octanol–water partition coefficient (Wildman–Crippen LogP) is 0.255. The van der Waals surface area contributed by atoms with Gasteiger partial charge in [-0.2, -0.15) is 5.10 Å². The first kappa shape index (κ1) is 21.9. The van der Waals surface area contributed by atoms with Crippen LogP contribution in [0.3, 0.4) is 0 Å². The molecular formula is C20H25N7O5. The Morgan fingerprint density at radius 1 is 1.31 bits per heavy atom. The zero-order valence-corrected chi connectivity index (χ0v) is 17.4. The Morgan fingerprint density at radius 2 is 2.16 bits per heavy atom. The number of anilines is 2. The number of aliphatic hydroxyl groups is 3. The van der Waals surface area contributed by atoms with Crippen molar-refractivity contribution in [3.63, 3.8) is 0 Å². The monoisotopic (exact) mass is 443 g/mol. The molecule has 0 radical (unpaired) electrons. The van der Waals surface area contributed by atoms with Crippen LogP contribution in [-0.4, -0.2) is 72.6 Å². The third-order valence-corrected chi connectivity index (χ3v) is 4.99. The molecule has 3 aromatic rings. The molecule has 1 saturated heterocycles. The van der Waals surface area contributed by atoms with E-state index < -0.39 is 31.1 Å². The van der Waals surface area contributed by atoms with Crippen molar-refractivity contribution in [2.45, 2.75) is 37.9 Å². The molecule has 2 aromatic heterocycles. The Bertz CT molecular complexity index is 1110. The van der Waals surface area contributed by atoms with E-state index in [9.17, 15) is 15.3 Å². The Hall–Kier alpha value is -3.32. The first-order chi connectivity index (χ1) is 15.5. The zero-order chi connectivity index (χ0) is 22.7. The molecule has 4 atom stereocenters. The van der Waals surface area contributed by atoms with Gasteiger partial charge >= 0.3 is 0 Å². The van der Waals surface area contributed by atoms with Crippen molar-refractivity contribution in [1.82, 2.24) is 19.5 Å². The van der Waals surface area contributed by atoms with E-state index in [1.165, 1.54) is 10.9 Å². The molecule has 6 N–H and O–H groups in total. The first-order valence-corrected chi connectivity index (χ1v) is 10.2. The average Bonchev–Trinajstić information content (AvgIpc) is 3.30. The number of benzene rings is 1. The quantitative estimate of drug-likeness (QED) is 0.240. The highest BCUT2D eigenvalue weighted by Gasteiger charge is 2.45. The molecule has 1 fully saturated rings. The average molecular weight is 443 g/mol. The number of nitrogens with two attached hydrogens (primary N) is 1. The molecule has 12 heteroatoms. The van der Waals surface area contributed by atoms with Crippen LogP contribution in [0.2, 0.25) is 0 Å². The summed E-state index contributed by atoms with van der Waals surface area (Å²) in [5, 5.41) is 34.3. The van der Waals surface area contributed by atoms with Crippen molar-refractivity contribution in [1.29, 1.82) is 0 Å². The zero-order valence-electron chi connectivity index (χ0n) is 17.4. The number of hydrogen-bond acceptors (Lipinski definition) is 11. The Kier molecular flexibility index (Phi) is 6.46. The molecule has 32 heavy (non-hydrogen) atoms. The lowest BCUT2D eigenvalue weighted by atomic mass is 10.1. The SMILES string of the molecule is CCCOc1cccc(C=NNc2nc3c(N)ncnc3n2[C@H]2O[C@@H](CO)[C@H](O)[C@@H]2O)c1. The Balaban J connectivity index is 1.64. The van der Waals surface area contributed by atoms with E-state index in [4.69, 9.17) is 15.2 Å². The molecule has 1 aliphatic heterocycles. The lowest BCUT2D eigenvalue weighted by molar-refractivity contribution is -0.0501. The highest BCUT2D eigenvalue weighted by Crippen LogP contribution is 2.35. The smallest absolute Gasteiger partial charge is 0.228 e. The molecule has 4 rings (SSSR count). The minimum absolute atomic E-state index is 0.133. The van der Waals surface area contributed by atoms with E-state index in [0.29, 0.717) is 6.61 Å². The number of imidazole rings is 1. The van der Waals surface area contributed by atoms with E-state index in [1.807, 2.05) is 31.2 Å². The first-order valence-electron chi connectivity index (χ1n) is 10.2. The molecule has 0 amide bonds. The van der Waals surface area contributed by atoms with Gasteiger partial charge in [0.05, 0.1) is 19.4 Å². The van der Waals surface area contributed by atoms with Gasteiger partial charge in [-0.3, -0.25) is 4.57 Å². The number of ether oxygens (including phenoxy) is 2. The van der Waals surface area contributed by atoms with Gasteiger partial charge in [0.15, 0.2) is 23.2 Å². The topological polar surface area (TPSA) is 173 Å². The summed E-state index contributed by atoms with van der Waals surface area (Å²) in [6.07, 6.45) is -0.926. The van der Waals surface area contributed by atoms with Gasteiger partial charge in [0.1, 0.15) is 30.4 Å². The van der Waals surface area contributed by atoms with Gasteiger partial charge in [0, 0.05) is 0 Å². The van der Waals surface area contributed by atoms with Crippen LogP contribution in [0.15, 0.2) is 35.7 Å². The molecule has 0 spiro atoms. The summed E-state index contributed by atoms with van der Waals surface area (Å²) in [7, 11) is 0. The van der Waals surface area contributed by atoms with Crippen LogP contribution in [0.25, 0.3) is 11.2 Å². The second-order valence-electron chi connectivity index (χ2n) is 7.26. The number of aromatic nitrogens is 4. The minimum Gasteiger partial charge on any atom is -0.494 e. The maximum atomic E-state index is 10.5. The van der Waals surface area contributed by atoms with Crippen molar-refractivity contribution in [2.75, 3.05) is 24.4 Å². The fraction of sp³-hybridized carbons (Fsp3) is 0.400. The highest BCUT2D eigenvalue weighted by atomic mass is 16.6. The van der Waals surface area contributed by atoms with Crippen LogP contribution in [0, 0.1) is 0 Å². The van der Waals surface area contributed by atoms with E-state index in [0.717, 1.165) is 17.7 Å². The van der Waals surface area contributed by atoms with Crippen molar-refractivity contribution < 1.29 is 24.8 Å². The highest BCUT2D eigenvalue weighted by molar-refractivity contribution is 5.84. The van der Waals surface area contributed by atoms with E-state index >= 15 is 0 Å². The molecule has 1 aliphatic rings. The summed E-state index contributed by atoms with van der Waals surface area (Å²) in [6, 6.07) is 7.43. The van der Waals surface area contributed by atoms with Crippen LogP contribution in [0.5, 0.6) is 5.75 Å². The fourth-order valence-corrected chi connectivity index (χ4v) is 3.41. The molecule has 12 nitrogen and oxygen atoms in total. The van der Waals surface area contributed by atoms with Crippen LogP contribution in [0.1, 0.15) is 25.1 Å². The normalized spacial score (nSPS) is 23.2. The van der Waals surface area contributed by atoms with Gasteiger partial charge in [-0.1, -0.05) is 19.1 Å². The van der Waals surface area contributed by atoms with Crippen molar-refractivity contribution in [3.05, 3.63) is 36.2 Å². The largest absolute Gasteiger partial charge is 0.494 e. The number of nitrogen functional groups attached to an aromatic ring is 1. The van der Waals surface area contributed by atoms with Crippen molar-refractivity contribution >= 4 is 29.1 Å². The standard InChI is InChI=1S/C20H25N7O5/c1-2-6-31-12-5-3-4-11(7-12)8-24-26-20-25-14-17(21)22-10-23-18(14)27(20)19-16(30)15(29)13(9-28)32-19/h3-5,7-8,10,13,15-16,19,28-30H,2,6,9H2,1H3,(H,25,26)(H2,21,22,23)/t13-,15-,16-,19-/m0/s1. The van der Waals surface area contributed by atoms with Crippen LogP contribution in [-0.2, 0) is 4.74 Å². The molecule has 3 heterocycles. The molecule has 1 aromatic carbocycles. The second kappa shape index (κ2) is 9.44. The molecule has 0 aliphatic carbocycles. The number of aliphatic hydroxyl groups excluding tert-OH is 3. The van der Waals surface area contributed by atoms with E-state index in [1.54, 1.807) is 6.21 Å². The number of nitrogens with one attached hydrogen (secondary N) is 1. The Labute approximate surface area is 183 Å². The van der Waals surface area contributed by atoms with Gasteiger partial charge in [-0.25, -0.2) is 20.4 Å². The predicted molar refractivity (Wildman–Crippen MR) is 116 cm³/mol. The third-order valence-electron chi connectivity index (χ3n) is 4.99. The number of hydrogen-bond donors (Lipinski definition) is 5. The summed E-state index contributed by atoms with van der Waals surface area (Å²) < 4.78 is 12.7. The maximum Gasteiger partial charge on any atom is 0.228 e. The third kappa shape index (κ3) is 4.21. The van der Waals surface area contributed by atoms with Crippen LogP contribution >= 0.6 is 0 Å². The molecule has 170 valence electrons. The molecular weight excluding hydrogens is 418 g/mol. The van der Waals surface area contributed by atoms with E-state index in [2.05, 4.69) is 25.5 Å². The van der Waals surface area contributed by atoms with Crippen LogP contribution < -0.4 is 15.9 Å². The summed E-state index contributed by atoms with van der Waals surface area (Å²) >= 11 is 0. The fourth-order valence-electron chi connectivity index (χ4n) is 3.41. The van der Waals surface area contributed by atoms with Crippen molar-refractivity contribution in [3.8, 4) is 5.75 Å². The van der Waals surface area contributed by atoms with Crippen LogP contribution in [0.4, 0.5) is 11.8 Å². The molecule has 0 saturated carbocycles. The number of rotatable bonds is 8. The van der Waals surface area contributed by atoms with Gasteiger partial charge < -0.3 is 30.5 Å². The number of nitrogens with zero attached hydrogens (tertiary/aromatic N) is 5. The van der Waals surface area contributed by atoms with Gasteiger partial charge in [-0.15, -0.1) is 0 Å². The Morgan fingerprint density at radius 3 is 2.91 bits per heavy atom. The number of hydrazone groups is 1. The maximum absolute atomic E-state index is 10.5. The number of fused-ring (bicyclic) bond motifs is 1. The van der Waals surface area contributed by atoms with Gasteiger partial charge in [0.25, 0.3) is 0 Å². The lowest BCUT2D eigenvalue weighted by Crippen LogP contribution is -2.33. The summed E-state index contributed by atoms with van der Waals surface area (Å²) in [6.45, 7) is 2.19.